The Morgan fingerprint density at radius 3 is 1.96 bits per heavy atom. The van der Waals surface area contributed by atoms with Gasteiger partial charge in [0.15, 0.2) is 0 Å². The van der Waals surface area contributed by atoms with Gasteiger partial charge in [0, 0.05) is 5.69 Å². The fraction of sp³-hybridized carbons (Fsp3) is 0.650. The first kappa shape index (κ1) is 19.5. The molecule has 0 radical (unpaired) electrons. The number of hydrogen-bond acceptors (Lipinski definition) is 3. The molecular weight excluding hydrogens is 286 g/mol. The average molecular weight is 319 g/mol. The van der Waals surface area contributed by atoms with Crippen molar-refractivity contribution in [1.29, 1.82) is 0 Å². The Labute approximate surface area is 141 Å². The third kappa shape index (κ3) is 10.8. The highest BCUT2D eigenvalue weighted by molar-refractivity contribution is 5.72. The molecule has 0 aromatic heterocycles. The monoisotopic (exact) mass is 319 g/mol. The number of esters is 1. The molecule has 3 nitrogen and oxygen atoms in total. The topological polar surface area (TPSA) is 52.3 Å². The summed E-state index contributed by atoms with van der Waals surface area (Å²) in [6, 6.07) is 7.37. The van der Waals surface area contributed by atoms with E-state index in [-0.39, 0.29) is 5.97 Å². The molecular formula is C20H33NO2. The molecule has 0 spiro atoms. The minimum atomic E-state index is -0.148. The Hall–Kier alpha value is -1.51. The van der Waals surface area contributed by atoms with E-state index in [1.54, 1.807) is 0 Å². The lowest BCUT2D eigenvalue weighted by atomic mass is 10.1. The van der Waals surface area contributed by atoms with Crippen molar-refractivity contribution in [2.24, 2.45) is 0 Å². The summed E-state index contributed by atoms with van der Waals surface area (Å²) in [6.45, 7) is 2.80. The van der Waals surface area contributed by atoms with Crippen LogP contribution in [-0.4, -0.2) is 12.6 Å². The number of carbonyl (C=O) groups excluding carboxylic acids is 1. The van der Waals surface area contributed by atoms with Crippen LogP contribution in [0.4, 0.5) is 5.69 Å². The second-order valence-corrected chi connectivity index (χ2v) is 6.32. The molecule has 0 aliphatic heterocycles. The maximum absolute atomic E-state index is 11.7. The van der Waals surface area contributed by atoms with Gasteiger partial charge in [0.25, 0.3) is 0 Å². The van der Waals surface area contributed by atoms with Gasteiger partial charge in [-0.3, -0.25) is 4.79 Å². The van der Waals surface area contributed by atoms with Gasteiger partial charge in [0.1, 0.15) is 0 Å². The minimum absolute atomic E-state index is 0.148. The van der Waals surface area contributed by atoms with E-state index in [0.29, 0.717) is 18.7 Å². The highest BCUT2D eigenvalue weighted by Gasteiger charge is 2.04. The van der Waals surface area contributed by atoms with Gasteiger partial charge in [-0.1, -0.05) is 76.8 Å². The van der Waals surface area contributed by atoms with Crippen LogP contribution in [0.25, 0.3) is 0 Å². The molecule has 23 heavy (non-hydrogen) atoms. The minimum Gasteiger partial charge on any atom is -0.465 e. The zero-order valence-electron chi connectivity index (χ0n) is 14.7. The SMILES string of the molecule is CCCCCCCCCCCCOC(=O)Cc1ccc(N)cc1. The third-order valence-corrected chi connectivity index (χ3v) is 4.09. The Morgan fingerprint density at radius 2 is 1.39 bits per heavy atom. The fourth-order valence-electron chi connectivity index (χ4n) is 2.63. The number of hydrogen-bond donors (Lipinski definition) is 1. The van der Waals surface area contributed by atoms with Crippen molar-refractivity contribution in [3.63, 3.8) is 0 Å². The van der Waals surface area contributed by atoms with E-state index in [1.807, 2.05) is 24.3 Å². The van der Waals surface area contributed by atoms with Crippen LogP contribution < -0.4 is 5.73 Å². The Kier molecular flexibility index (Phi) is 11.0. The van der Waals surface area contributed by atoms with Crippen LogP contribution in [-0.2, 0) is 16.0 Å². The second-order valence-electron chi connectivity index (χ2n) is 6.32. The molecule has 1 rings (SSSR count). The Bertz CT molecular complexity index is 414. The number of benzene rings is 1. The highest BCUT2D eigenvalue weighted by Crippen LogP contribution is 2.11. The molecule has 0 atom stereocenters. The predicted molar refractivity (Wildman–Crippen MR) is 97.4 cm³/mol. The number of rotatable bonds is 13. The van der Waals surface area contributed by atoms with Crippen molar-refractivity contribution < 1.29 is 9.53 Å². The maximum Gasteiger partial charge on any atom is 0.310 e. The van der Waals surface area contributed by atoms with Crippen LogP contribution in [0.3, 0.4) is 0 Å². The van der Waals surface area contributed by atoms with Gasteiger partial charge < -0.3 is 10.5 Å². The summed E-state index contributed by atoms with van der Waals surface area (Å²) >= 11 is 0. The molecule has 2 N–H and O–H groups in total. The van der Waals surface area contributed by atoms with Gasteiger partial charge in [0.05, 0.1) is 13.0 Å². The number of ether oxygens (including phenoxy) is 1. The lowest BCUT2D eigenvalue weighted by Gasteiger charge is -2.05. The Balaban J connectivity index is 1.90. The molecule has 0 saturated carbocycles. The summed E-state index contributed by atoms with van der Waals surface area (Å²) in [5, 5.41) is 0. The lowest BCUT2D eigenvalue weighted by Crippen LogP contribution is -2.09. The van der Waals surface area contributed by atoms with Crippen LogP contribution in [0, 0.1) is 0 Å². The van der Waals surface area contributed by atoms with Crippen molar-refractivity contribution in [2.45, 2.75) is 77.6 Å². The van der Waals surface area contributed by atoms with Gasteiger partial charge in [-0.05, 0) is 24.1 Å². The van der Waals surface area contributed by atoms with Crippen molar-refractivity contribution in [2.75, 3.05) is 12.3 Å². The number of nitrogen functional groups attached to an aromatic ring is 1. The summed E-state index contributed by atoms with van der Waals surface area (Å²) in [5.74, 6) is -0.148. The van der Waals surface area contributed by atoms with Crippen LogP contribution in [0.1, 0.15) is 76.7 Å². The summed E-state index contributed by atoms with van der Waals surface area (Å²) in [7, 11) is 0. The van der Waals surface area contributed by atoms with E-state index in [1.165, 1.54) is 51.4 Å². The standard InChI is InChI=1S/C20H33NO2/c1-2-3-4-5-6-7-8-9-10-11-16-23-20(22)17-18-12-14-19(21)15-13-18/h12-15H,2-11,16-17,21H2,1H3. The van der Waals surface area contributed by atoms with Crippen LogP contribution in [0.15, 0.2) is 24.3 Å². The predicted octanol–water partition coefficient (Wildman–Crippen LogP) is 5.28. The quantitative estimate of drug-likeness (QED) is 0.306. The molecule has 0 amide bonds. The van der Waals surface area contributed by atoms with Crippen LogP contribution in [0.5, 0.6) is 0 Å². The summed E-state index contributed by atoms with van der Waals surface area (Å²) in [6.07, 6.45) is 13.2. The third-order valence-electron chi connectivity index (χ3n) is 4.09. The first-order chi connectivity index (χ1) is 11.2. The summed E-state index contributed by atoms with van der Waals surface area (Å²) in [5.41, 5.74) is 7.29. The van der Waals surface area contributed by atoms with Crippen LogP contribution >= 0.6 is 0 Å². The van der Waals surface area contributed by atoms with Gasteiger partial charge in [-0.25, -0.2) is 0 Å². The number of unbranched alkanes of at least 4 members (excludes halogenated alkanes) is 9. The van der Waals surface area contributed by atoms with Gasteiger partial charge in [0.2, 0.25) is 0 Å². The van der Waals surface area contributed by atoms with Crippen molar-refractivity contribution >= 4 is 11.7 Å². The molecule has 0 aliphatic rings. The van der Waals surface area contributed by atoms with E-state index < -0.39 is 0 Å². The summed E-state index contributed by atoms with van der Waals surface area (Å²) in [4.78, 5) is 11.7. The van der Waals surface area contributed by atoms with Crippen molar-refractivity contribution in [3.05, 3.63) is 29.8 Å². The van der Waals surface area contributed by atoms with E-state index >= 15 is 0 Å². The molecule has 0 heterocycles. The van der Waals surface area contributed by atoms with Gasteiger partial charge in [-0.15, -0.1) is 0 Å². The molecule has 1 aromatic rings. The first-order valence-corrected chi connectivity index (χ1v) is 9.22. The number of nitrogens with two attached hydrogens (primary N) is 1. The number of anilines is 1. The number of carbonyl (C=O) groups is 1. The zero-order chi connectivity index (χ0) is 16.8. The largest absolute Gasteiger partial charge is 0.465 e. The van der Waals surface area contributed by atoms with E-state index in [0.717, 1.165) is 18.4 Å². The highest BCUT2D eigenvalue weighted by atomic mass is 16.5. The van der Waals surface area contributed by atoms with Crippen molar-refractivity contribution in [3.8, 4) is 0 Å². The molecule has 0 bridgehead atoms. The lowest BCUT2D eigenvalue weighted by molar-refractivity contribution is -0.142. The molecule has 130 valence electrons. The maximum atomic E-state index is 11.7. The first-order valence-electron chi connectivity index (χ1n) is 9.22. The molecule has 0 unspecified atom stereocenters. The fourth-order valence-corrected chi connectivity index (χ4v) is 2.63. The molecule has 0 aliphatic carbocycles. The van der Waals surface area contributed by atoms with E-state index in [2.05, 4.69) is 6.92 Å². The van der Waals surface area contributed by atoms with E-state index in [9.17, 15) is 4.79 Å². The van der Waals surface area contributed by atoms with Gasteiger partial charge in [-0.2, -0.15) is 0 Å². The zero-order valence-corrected chi connectivity index (χ0v) is 14.7. The second kappa shape index (κ2) is 13.0. The smallest absolute Gasteiger partial charge is 0.310 e. The van der Waals surface area contributed by atoms with E-state index in [4.69, 9.17) is 10.5 Å². The normalized spacial score (nSPS) is 10.7. The van der Waals surface area contributed by atoms with Gasteiger partial charge >= 0.3 is 5.97 Å². The van der Waals surface area contributed by atoms with Crippen LogP contribution in [0.2, 0.25) is 0 Å². The summed E-state index contributed by atoms with van der Waals surface area (Å²) < 4.78 is 5.28. The molecule has 1 aromatic carbocycles. The average Bonchev–Trinajstić information content (AvgIpc) is 2.55. The Morgan fingerprint density at radius 1 is 0.870 bits per heavy atom. The molecule has 0 fully saturated rings. The van der Waals surface area contributed by atoms with Crippen molar-refractivity contribution in [1.82, 2.24) is 0 Å². The molecule has 3 heteroatoms. The molecule has 0 saturated heterocycles.